The number of carbonyl (C=O) groups excluding carboxylic acids is 4. The Morgan fingerprint density at radius 1 is 0.864 bits per heavy atom. The Balaban J connectivity index is 1.40. The zero-order valence-corrected chi connectivity index (χ0v) is 41.5. The molecule has 0 aromatic heterocycles. The monoisotopic (exact) mass is 923 g/mol. The number of aliphatic hydroxyl groups excluding tert-OH is 1. The highest BCUT2D eigenvalue weighted by atomic mass is 28.4. The van der Waals surface area contributed by atoms with E-state index in [1.54, 1.807) is 54.6 Å². The van der Waals surface area contributed by atoms with Crippen molar-refractivity contribution in [3.63, 3.8) is 0 Å². The van der Waals surface area contributed by atoms with Crippen LogP contribution in [0.5, 0.6) is 0 Å². The van der Waals surface area contributed by atoms with Crippen molar-refractivity contribution in [1.82, 2.24) is 5.32 Å². The molecular weight excluding hydrogens is 855 g/mol. The maximum absolute atomic E-state index is 15.4. The fraction of sp³-hybridized carbons (Fsp3) is 0.547. The number of ether oxygens (including phenoxy) is 4. The SMILES string of the molecule is CC(=O)O[C@@]12CO[C@@H]1C[C@H](C)[C@]1(C)[C@@H]2[C@H](OC(=O)c2ccccc2)[C@]2(O)CC(OC(=O)[C@H](O[Si](C)(C)C(C)(C)C)[C@@H](NC(=O)c3ccccc3)c3ccccc3)C(C)=C([C@H](C)[C@@H]1O)C2(C)C. The highest BCUT2D eigenvalue weighted by Crippen LogP contribution is 2.67. The smallest absolute Gasteiger partial charge is 0.338 e. The van der Waals surface area contributed by atoms with Gasteiger partial charge in [-0.3, -0.25) is 9.59 Å². The number of esters is 3. The van der Waals surface area contributed by atoms with E-state index in [4.69, 9.17) is 23.4 Å². The van der Waals surface area contributed by atoms with E-state index in [1.165, 1.54) is 6.92 Å². The second-order valence-electron chi connectivity index (χ2n) is 21.6. The van der Waals surface area contributed by atoms with Gasteiger partial charge in [0.25, 0.3) is 5.91 Å². The zero-order valence-electron chi connectivity index (χ0n) is 40.5. The molecule has 3 N–H and O–H groups in total. The zero-order chi connectivity index (χ0) is 48.4. The van der Waals surface area contributed by atoms with Gasteiger partial charge < -0.3 is 38.9 Å². The van der Waals surface area contributed by atoms with Gasteiger partial charge in [-0.25, -0.2) is 9.59 Å². The van der Waals surface area contributed by atoms with Gasteiger partial charge in [0.2, 0.25) is 0 Å². The summed E-state index contributed by atoms with van der Waals surface area (Å²) in [7, 11) is -2.82. The maximum Gasteiger partial charge on any atom is 0.338 e. The normalized spacial score (nSPS) is 32.4. The van der Waals surface area contributed by atoms with Crippen molar-refractivity contribution in [1.29, 1.82) is 0 Å². The molecule has 7 rings (SSSR count). The van der Waals surface area contributed by atoms with Gasteiger partial charge in [0.1, 0.15) is 23.9 Å². The lowest BCUT2D eigenvalue weighted by Gasteiger charge is -2.69. The van der Waals surface area contributed by atoms with E-state index < -0.39 is 103 Å². The first-order valence-corrected chi connectivity index (χ1v) is 26.2. The summed E-state index contributed by atoms with van der Waals surface area (Å²) >= 11 is 0. The molecule has 12 atom stereocenters. The third-order valence-electron chi connectivity index (χ3n) is 16.5. The van der Waals surface area contributed by atoms with Crippen molar-refractivity contribution in [2.75, 3.05) is 6.61 Å². The summed E-state index contributed by atoms with van der Waals surface area (Å²) in [5.74, 6) is -4.36. The van der Waals surface area contributed by atoms with E-state index in [1.807, 2.05) is 91.0 Å². The van der Waals surface area contributed by atoms with E-state index in [0.29, 0.717) is 28.7 Å². The quantitative estimate of drug-likeness (QED) is 0.0730. The predicted molar refractivity (Wildman–Crippen MR) is 252 cm³/mol. The lowest BCUT2D eigenvalue weighted by Crippen LogP contribution is -2.80. The molecule has 4 aliphatic rings. The predicted octanol–water partition coefficient (Wildman–Crippen LogP) is 8.54. The molecule has 1 unspecified atom stereocenters. The van der Waals surface area contributed by atoms with Gasteiger partial charge in [0.05, 0.1) is 30.2 Å². The van der Waals surface area contributed by atoms with Gasteiger partial charge in [-0.15, -0.1) is 0 Å². The Hall–Kier alpha value is -4.66. The molecule has 3 aliphatic carbocycles. The minimum Gasteiger partial charge on any atom is -0.456 e. The number of rotatable bonds is 11. The molecule has 66 heavy (non-hydrogen) atoms. The van der Waals surface area contributed by atoms with Crippen LogP contribution in [0, 0.1) is 28.6 Å². The van der Waals surface area contributed by atoms with Gasteiger partial charge in [-0.05, 0) is 72.8 Å². The van der Waals surface area contributed by atoms with Crippen molar-refractivity contribution in [2.24, 2.45) is 28.6 Å². The summed E-state index contributed by atoms with van der Waals surface area (Å²) in [6.45, 7) is 23.0. The number of amides is 1. The molecule has 2 saturated carbocycles. The van der Waals surface area contributed by atoms with Crippen LogP contribution >= 0.6 is 0 Å². The van der Waals surface area contributed by atoms with Crippen LogP contribution in [-0.4, -0.2) is 90.7 Å². The molecule has 3 aromatic rings. The number of benzene rings is 3. The number of carbonyl (C=O) groups is 4. The van der Waals surface area contributed by atoms with Crippen LogP contribution in [0.3, 0.4) is 0 Å². The molecule has 3 aromatic carbocycles. The summed E-state index contributed by atoms with van der Waals surface area (Å²) in [5, 5.41) is 29.8. The molecule has 1 heterocycles. The largest absolute Gasteiger partial charge is 0.456 e. The Morgan fingerprint density at radius 2 is 1.42 bits per heavy atom. The standard InChI is InChI=1S/C53H69NO11Si/c1-31-28-39-52(30-61-39,64-34(4)55)43-45(63-47(58)37-26-20-15-21-27-37)53(60)29-38(32(2)40(50(53,8)9)33(3)44(56)51(31,43)10)62-48(59)42(65-66(11,12)49(5,6)7)41(35-22-16-13-17-23-35)54-46(57)36-24-18-14-19-25-36/h13-27,31,33,38-39,41-45,56,60H,28-30H2,1-12H3,(H,54,57)/t31-,33-,38?,39+,41-,42+,43-,44-,45-,51+,52-,53+/m0/s1. The van der Waals surface area contributed by atoms with Crippen LogP contribution in [0.2, 0.25) is 18.1 Å². The minimum absolute atomic E-state index is 0.0383. The summed E-state index contributed by atoms with van der Waals surface area (Å²) in [6, 6.07) is 25.4. The van der Waals surface area contributed by atoms with E-state index in [2.05, 4.69) is 26.1 Å². The molecule has 1 amide bonds. The van der Waals surface area contributed by atoms with Crippen LogP contribution in [0.15, 0.2) is 102 Å². The van der Waals surface area contributed by atoms with Crippen molar-refractivity contribution < 1.29 is 52.8 Å². The first kappa shape index (κ1) is 49.2. The fourth-order valence-electron chi connectivity index (χ4n) is 11.6. The fourth-order valence-corrected chi connectivity index (χ4v) is 12.8. The van der Waals surface area contributed by atoms with E-state index >= 15 is 4.79 Å². The average molecular weight is 924 g/mol. The highest BCUT2D eigenvalue weighted by Gasteiger charge is 2.77. The van der Waals surface area contributed by atoms with Crippen molar-refractivity contribution >= 4 is 32.1 Å². The molecule has 0 spiro atoms. The number of hydrogen-bond acceptors (Lipinski definition) is 11. The van der Waals surface area contributed by atoms with Gasteiger partial charge in [0.15, 0.2) is 20.0 Å². The van der Waals surface area contributed by atoms with E-state index in [-0.39, 0.29) is 29.5 Å². The minimum atomic E-state index is -2.82. The second-order valence-corrected chi connectivity index (χ2v) is 26.3. The molecule has 1 saturated heterocycles. The molecule has 356 valence electrons. The topological polar surface area (TPSA) is 167 Å². The molecule has 2 bridgehead atoms. The molecule has 0 radical (unpaired) electrons. The number of aliphatic hydroxyl groups is 2. The molecule has 3 fully saturated rings. The van der Waals surface area contributed by atoms with Crippen molar-refractivity contribution in [3.8, 4) is 0 Å². The first-order chi connectivity index (χ1) is 30.8. The first-order valence-electron chi connectivity index (χ1n) is 23.3. The van der Waals surface area contributed by atoms with Gasteiger partial charge in [-0.1, -0.05) is 128 Å². The molecule has 13 heteroatoms. The lowest BCUT2D eigenvalue weighted by atomic mass is 9.42. The van der Waals surface area contributed by atoms with Crippen molar-refractivity contribution in [2.45, 2.75) is 148 Å². The maximum atomic E-state index is 15.4. The van der Waals surface area contributed by atoms with Gasteiger partial charge >= 0.3 is 17.9 Å². The van der Waals surface area contributed by atoms with Gasteiger partial charge in [-0.2, -0.15) is 0 Å². The van der Waals surface area contributed by atoms with Crippen LogP contribution in [-0.2, 0) is 33.0 Å². The Morgan fingerprint density at radius 3 is 1.95 bits per heavy atom. The highest BCUT2D eigenvalue weighted by molar-refractivity contribution is 6.74. The lowest BCUT2D eigenvalue weighted by molar-refractivity contribution is -0.356. The summed E-state index contributed by atoms with van der Waals surface area (Å²) in [6.07, 6.45) is -5.45. The average Bonchev–Trinajstić information content (AvgIpc) is 3.26. The third-order valence-corrected chi connectivity index (χ3v) is 20.9. The Labute approximate surface area is 390 Å². The third kappa shape index (κ3) is 8.26. The summed E-state index contributed by atoms with van der Waals surface area (Å²) in [5.41, 5.74) is -3.19. The number of hydrogen-bond donors (Lipinski definition) is 3. The molecule has 1 aliphatic heterocycles. The van der Waals surface area contributed by atoms with Crippen LogP contribution in [0.25, 0.3) is 0 Å². The van der Waals surface area contributed by atoms with Gasteiger partial charge in [0, 0.05) is 35.7 Å². The summed E-state index contributed by atoms with van der Waals surface area (Å²) < 4.78 is 33.0. The summed E-state index contributed by atoms with van der Waals surface area (Å²) in [4.78, 5) is 57.1. The van der Waals surface area contributed by atoms with Crippen LogP contribution < -0.4 is 5.32 Å². The number of nitrogens with one attached hydrogen (secondary N) is 1. The van der Waals surface area contributed by atoms with Crippen LogP contribution in [0.1, 0.15) is 114 Å². The van der Waals surface area contributed by atoms with Crippen LogP contribution in [0.4, 0.5) is 0 Å². The Kier molecular flexibility index (Phi) is 13.3. The molecule has 12 nitrogen and oxygen atoms in total. The van der Waals surface area contributed by atoms with E-state index in [0.717, 1.165) is 0 Å². The number of fused-ring (bicyclic) bond motifs is 5. The second kappa shape index (κ2) is 17.8. The Bertz CT molecular complexity index is 2330. The molecular formula is C53H69NO11Si. The van der Waals surface area contributed by atoms with E-state index in [9.17, 15) is 24.6 Å². The van der Waals surface area contributed by atoms with Crippen molar-refractivity contribution in [3.05, 3.63) is 119 Å².